The summed E-state index contributed by atoms with van der Waals surface area (Å²) in [5.41, 5.74) is 2.31. The Balaban J connectivity index is 1.91. The first-order valence-corrected chi connectivity index (χ1v) is 8.65. The average molecular weight is 367 g/mol. The maximum absolute atomic E-state index is 12.9. The van der Waals surface area contributed by atoms with Crippen molar-refractivity contribution in [3.8, 4) is 0 Å². The number of halogens is 1. The van der Waals surface area contributed by atoms with Crippen molar-refractivity contribution in [1.82, 2.24) is 9.55 Å². The Morgan fingerprint density at radius 3 is 2.85 bits per heavy atom. The van der Waals surface area contributed by atoms with E-state index in [0.717, 1.165) is 24.0 Å². The molecule has 0 radical (unpaired) electrons. The molecule has 0 fully saturated rings. The van der Waals surface area contributed by atoms with Gasteiger partial charge in [-0.2, -0.15) is 0 Å². The molecule has 4 rings (SSSR count). The summed E-state index contributed by atoms with van der Waals surface area (Å²) in [6.07, 6.45) is 3.64. The number of aromatic carboxylic acids is 1. The van der Waals surface area contributed by atoms with E-state index in [0.29, 0.717) is 28.3 Å². The second-order valence-electron chi connectivity index (χ2n) is 6.26. The first-order chi connectivity index (χ1) is 12.5. The lowest BCUT2D eigenvalue weighted by Gasteiger charge is -2.21. The number of carboxylic acid groups (broad SMARTS) is 1. The van der Waals surface area contributed by atoms with Gasteiger partial charge in [-0.1, -0.05) is 23.7 Å². The van der Waals surface area contributed by atoms with Crippen molar-refractivity contribution < 1.29 is 9.90 Å². The molecule has 3 aromatic rings. The molecule has 0 bridgehead atoms. The molecular weight excluding hydrogens is 352 g/mol. The fraction of sp³-hybridized carbons (Fsp3) is 0.150. The van der Waals surface area contributed by atoms with Gasteiger partial charge in [0.1, 0.15) is 5.82 Å². The summed E-state index contributed by atoms with van der Waals surface area (Å²) in [5.74, 6) is -0.424. The molecule has 0 spiro atoms. The summed E-state index contributed by atoms with van der Waals surface area (Å²) in [7, 11) is 0. The van der Waals surface area contributed by atoms with Crippen LogP contribution >= 0.6 is 11.6 Å². The molecule has 0 saturated heterocycles. The number of carbonyl (C=O) groups is 1. The van der Waals surface area contributed by atoms with Crippen LogP contribution in [0.4, 0.5) is 0 Å². The predicted molar refractivity (Wildman–Crippen MR) is 102 cm³/mol. The lowest BCUT2D eigenvalue weighted by Crippen LogP contribution is -2.28. The van der Waals surface area contributed by atoms with Crippen molar-refractivity contribution in [3.63, 3.8) is 0 Å². The zero-order chi connectivity index (χ0) is 18.3. The van der Waals surface area contributed by atoms with Crippen LogP contribution in [0.15, 0.2) is 47.3 Å². The Kier molecular flexibility index (Phi) is 4.09. The van der Waals surface area contributed by atoms with Gasteiger partial charge >= 0.3 is 5.97 Å². The van der Waals surface area contributed by atoms with E-state index in [9.17, 15) is 9.59 Å². The summed E-state index contributed by atoms with van der Waals surface area (Å²) < 4.78 is 1.63. The van der Waals surface area contributed by atoms with E-state index in [1.54, 1.807) is 10.6 Å². The Bertz CT molecular complexity index is 1130. The number of aromatic nitrogens is 2. The van der Waals surface area contributed by atoms with Crippen molar-refractivity contribution in [2.45, 2.75) is 19.4 Å². The summed E-state index contributed by atoms with van der Waals surface area (Å²) >= 11 is 6.06. The number of hydrogen-bond donors (Lipinski definition) is 1. The summed E-state index contributed by atoms with van der Waals surface area (Å²) in [4.78, 5) is 28.7. The maximum atomic E-state index is 12.9. The lowest BCUT2D eigenvalue weighted by molar-refractivity contribution is 0.0697. The molecule has 0 aliphatic carbocycles. The molecule has 6 heteroatoms. The van der Waals surface area contributed by atoms with Crippen molar-refractivity contribution in [2.24, 2.45) is 0 Å². The SMILES string of the molecule is O=C(O)c1ccc2nc3n(c(=O)c2c1)CCCC3=Cc1cccc(Cl)c1. The highest BCUT2D eigenvalue weighted by molar-refractivity contribution is 6.30. The molecule has 2 heterocycles. The van der Waals surface area contributed by atoms with Gasteiger partial charge < -0.3 is 5.11 Å². The van der Waals surface area contributed by atoms with Crippen LogP contribution in [0, 0.1) is 0 Å². The zero-order valence-corrected chi connectivity index (χ0v) is 14.5. The minimum Gasteiger partial charge on any atom is -0.478 e. The van der Waals surface area contributed by atoms with E-state index in [1.165, 1.54) is 12.1 Å². The topological polar surface area (TPSA) is 72.2 Å². The van der Waals surface area contributed by atoms with Crippen molar-refractivity contribution in [1.29, 1.82) is 0 Å². The predicted octanol–water partition coefficient (Wildman–Crippen LogP) is 4.08. The van der Waals surface area contributed by atoms with Gasteiger partial charge in [0.25, 0.3) is 5.56 Å². The van der Waals surface area contributed by atoms with E-state index in [2.05, 4.69) is 4.98 Å². The molecule has 26 heavy (non-hydrogen) atoms. The normalized spacial score (nSPS) is 15.2. The summed E-state index contributed by atoms with van der Waals surface area (Å²) in [6.45, 7) is 0.571. The molecule has 0 amide bonds. The van der Waals surface area contributed by atoms with Crippen LogP contribution in [0.1, 0.15) is 34.6 Å². The third kappa shape index (κ3) is 2.91. The number of allylic oxidation sites excluding steroid dienone is 1. The van der Waals surface area contributed by atoms with E-state index in [1.807, 2.05) is 30.3 Å². The first-order valence-electron chi connectivity index (χ1n) is 8.27. The quantitative estimate of drug-likeness (QED) is 0.741. The lowest BCUT2D eigenvalue weighted by atomic mass is 10.0. The van der Waals surface area contributed by atoms with Crippen molar-refractivity contribution in [3.05, 3.63) is 74.8 Å². The van der Waals surface area contributed by atoms with Crippen LogP contribution in [0.5, 0.6) is 0 Å². The Hall–Kier alpha value is -2.92. The van der Waals surface area contributed by atoms with Crippen LogP contribution in [0.25, 0.3) is 22.6 Å². The second kappa shape index (κ2) is 6.42. The highest BCUT2D eigenvalue weighted by Gasteiger charge is 2.19. The van der Waals surface area contributed by atoms with Crippen LogP contribution in [0.3, 0.4) is 0 Å². The minimum absolute atomic E-state index is 0.0856. The smallest absolute Gasteiger partial charge is 0.335 e. The van der Waals surface area contributed by atoms with Gasteiger partial charge in [-0.05, 0) is 60.4 Å². The summed E-state index contributed by atoms with van der Waals surface area (Å²) in [6, 6.07) is 12.0. The second-order valence-corrected chi connectivity index (χ2v) is 6.69. The summed E-state index contributed by atoms with van der Waals surface area (Å²) in [5, 5.41) is 10.1. The molecule has 1 aliphatic rings. The molecule has 130 valence electrons. The largest absolute Gasteiger partial charge is 0.478 e. The van der Waals surface area contributed by atoms with Gasteiger partial charge in [0, 0.05) is 11.6 Å². The minimum atomic E-state index is -1.06. The van der Waals surface area contributed by atoms with E-state index in [4.69, 9.17) is 16.7 Å². The molecule has 0 atom stereocenters. The van der Waals surface area contributed by atoms with Gasteiger partial charge in [-0.15, -0.1) is 0 Å². The van der Waals surface area contributed by atoms with Crippen molar-refractivity contribution >= 4 is 40.1 Å². The van der Waals surface area contributed by atoms with Gasteiger partial charge in [-0.3, -0.25) is 9.36 Å². The molecule has 2 aromatic carbocycles. The molecule has 5 nitrogen and oxygen atoms in total. The molecule has 0 unspecified atom stereocenters. The van der Waals surface area contributed by atoms with E-state index in [-0.39, 0.29) is 11.1 Å². The number of benzene rings is 2. The zero-order valence-electron chi connectivity index (χ0n) is 13.8. The molecule has 1 aromatic heterocycles. The standard InChI is InChI=1S/C20H15ClN2O3/c21-15-5-1-3-12(10-15)9-13-4-2-8-23-18(13)22-17-7-6-14(20(25)26)11-16(17)19(23)24/h1,3,5-7,9-11H,2,4,8H2,(H,25,26). The third-order valence-electron chi connectivity index (χ3n) is 4.51. The number of carboxylic acids is 1. The van der Waals surface area contributed by atoms with Gasteiger partial charge in [0.15, 0.2) is 0 Å². The van der Waals surface area contributed by atoms with Crippen LogP contribution in [0.2, 0.25) is 5.02 Å². The number of fused-ring (bicyclic) bond motifs is 2. The van der Waals surface area contributed by atoms with Crippen LogP contribution in [-0.4, -0.2) is 20.6 Å². The Labute approximate surface area is 154 Å². The van der Waals surface area contributed by atoms with Crippen molar-refractivity contribution in [2.75, 3.05) is 0 Å². The molecule has 0 saturated carbocycles. The van der Waals surface area contributed by atoms with Gasteiger partial charge in [0.05, 0.1) is 16.5 Å². The highest BCUT2D eigenvalue weighted by Crippen LogP contribution is 2.27. The Morgan fingerprint density at radius 2 is 2.08 bits per heavy atom. The number of rotatable bonds is 2. The van der Waals surface area contributed by atoms with Gasteiger partial charge in [0.2, 0.25) is 0 Å². The molecule has 1 N–H and O–H groups in total. The third-order valence-corrected chi connectivity index (χ3v) is 4.74. The number of nitrogens with zero attached hydrogens (tertiary/aromatic N) is 2. The van der Waals surface area contributed by atoms with E-state index >= 15 is 0 Å². The number of hydrogen-bond acceptors (Lipinski definition) is 3. The fourth-order valence-corrected chi connectivity index (χ4v) is 3.48. The average Bonchev–Trinajstić information content (AvgIpc) is 2.62. The monoisotopic (exact) mass is 366 g/mol. The van der Waals surface area contributed by atoms with Crippen LogP contribution in [-0.2, 0) is 6.54 Å². The van der Waals surface area contributed by atoms with Crippen LogP contribution < -0.4 is 5.56 Å². The molecular formula is C20H15ClN2O3. The molecule has 1 aliphatic heterocycles. The Morgan fingerprint density at radius 1 is 1.23 bits per heavy atom. The van der Waals surface area contributed by atoms with E-state index < -0.39 is 5.97 Å². The maximum Gasteiger partial charge on any atom is 0.335 e. The highest BCUT2D eigenvalue weighted by atomic mass is 35.5. The fourth-order valence-electron chi connectivity index (χ4n) is 3.28. The first kappa shape index (κ1) is 16.5. The van der Waals surface area contributed by atoms with Gasteiger partial charge in [-0.25, -0.2) is 9.78 Å².